The lowest BCUT2D eigenvalue weighted by molar-refractivity contribution is -0.132. The van der Waals surface area contributed by atoms with E-state index in [9.17, 15) is 4.79 Å². The predicted octanol–water partition coefficient (Wildman–Crippen LogP) is 1.20. The van der Waals surface area contributed by atoms with Gasteiger partial charge in [-0.1, -0.05) is 0 Å². The van der Waals surface area contributed by atoms with Gasteiger partial charge in [-0.2, -0.15) is 0 Å². The highest BCUT2D eigenvalue weighted by Gasteiger charge is 2.32. The van der Waals surface area contributed by atoms with Gasteiger partial charge < -0.3 is 9.80 Å². The molecule has 0 unspecified atom stereocenters. The zero-order valence-corrected chi connectivity index (χ0v) is 9.62. The topological polar surface area (TPSA) is 23.6 Å². The van der Waals surface area contributed by atoms with Crippen LogP contribution in [0, 0.1) is 5.92 Å². The number of nitrogens with zero attached hydrogens (tertiary/aromatic N) is 2. The van der Waals surface area contributed by atoms with Gasteiger partial charge in [0, 0.05) is 19.0 Å². The van der Waals surface area contributed by atoms with Crippen molar-refractivity contribution in [2.75, 3.05) is 33.7 Å². The van der Waals surface area contributed by atoms with Gasteiger partial charge >= 0.3 is 0 Å². The lowest BCUT2D eigenvalue weighted by atomic mass is 10.3. The number of carbonyl (C=O) groups excluding carboxylic acids is 1. The second kappa shape index (κ2) is 5.35. The third-order valence-electron chi connectivity index (χ3n) is 2.65. The van der Waals surface area contributed by atoms with E-state index < -0.39 is 0 Å². The Morgan fingerprint density at radius 1 is 1.29 bits per heavy atom. The first-order valence-electron chi connectivity index (χ1n) is 5.58. The van der Waals surface area contributed by atoms with Crippen molar-refractivity contribution in [1.82, 2.24) is 9.80 Å². The van der Waals surface area contributed by atoms with E-state index >= 15 is 0 Å². The average molecular weight is 198 g/mol. The average Bonchev–Trinajstić information content (AvgIpc) is 2.94. The molecule has 1 fully saturated rings. The van der Waals surface area contributed by atoms with E-state index in [4.69, 9.17) is 0 Å². The first-order valence-corrected chi connectivity index (χ1v) is 5.58. The monoisotopic (exact) mass is 198 g/mol. The Hall–Kier alpha value is -0.570. The third kappa shape index (κ3) is 3.66. The summed E-state index contributed by atoms with van der Waals surface area (Å²) in [7, 11) is 4.14. The van der Waals surface area contributed by atoms with E-state index in [1.165, 1.54) is 0 Å². The summed E-state index contributed by atoms with van der Waals surface area (Å²) in [6.45, 7) is 4.91. The van der Waals surface area contributed by atoms with Crippen molar-refractivity contribution < 1.29 is 4.79 Å². The fraction of sp³-hybridized carbons (Fsp3) is 0.909. The summed E-state index contributed by atoms with van der Waals surface area (Å²) in [5.41, 5.74) is 0. The van der Waals surface area contributed by atoms with Crippen molar-refractivity contribution in [2.45, 2.75) is 26.2 Å². The number of amides is 1. The first-order chi connectivity index (χ1) is 6.65. The molecule has 1 saturated carbocycles. The standard InChI is InChI=1S/C11H22N2O/c1-4-13(9-5-8-12(2)3)11(14)10-6-7-10/h10H,4-9H2,1-3H3. The fourth-order valence-corrected chi connectivity index (χ4v) is 1.59. The molecule has 1 aliphatic rings. The van der Waals surface area contributed by atoms with E-state index in [1.807, 2.05) is 4.90 Å². The minimum absolute atomic E-state index is 0.370. The lowest BCUT2D eigenvalue weighted by Gasteiger charge is -2.21. The molecule has 1 amide bonds. The molecule has 0 spiro atoms. The van der Waals surface area contributed by atoms with E-state index in [2.05, 4.69) is 25.9 Å². The van der Waals surface area contributed by atoms with Crippen LogP contribution in [0.5, 0.6) is 0 Å². The van der Waals surface area contributed by atoms with Crippen molar-refractivity contribution in [3.8, 4) is 0 Å². The second-order valence-electron chi connectivity index (χ2n) is 4.35. The van der Waals surface area contributed by atoms with Crippen LogP contribution >= 0.6 is 0 Å². The first kappa shape index (κ1) is 11.5. The van der Waals surface area contributed by atoms with Crippen LogP contribution in [0.25, 0.3) is 0 Å². The summed E-state index contributed by atoms with van der Waals surface area (Å²) in [6.07, 6.45) is 3.31. The Morgan fingerprint density at radius 2 is 1.93 bits per heavy atom. The van der Waals surface area contributed by atoms with Crippen LogP contribution in [-0.4, -0.2) is 49.4 Å². The van der Waals surface area contributed by atoms with Crippen molar-refractivity contribution in [3.63, 3.8) is 0 Å². The molecule has 0 aromatic heterocycles. The molecule has 0 N–H and O–H groups in total. The molecule has 0 saturated heterocycles. The molecule has 1 rings (SSSR count). The SMILES string of the molecule is CCN(CCCN(C)C)C(=O)C1CC1. The van der Waals surface area contributed by atoms with E-state index in [1.54, 1.807) is 0 Å². The van der Waals surface area contributed by atoms with E-state index in [0.717, 1.165) is 38.9 Å². The number of hydrogen-bond acceptors (Lipinski definition) is 2. The Balaban J connectivity index is 2.20. The summed E-state index contributed by atoms with van der Waals surface area (Å²) in [6, 6.07) is 0. The Bertz CT molecular complexity index is 188. The fourth-order valence-electron chi connectivity index (χ4n) is 1.59. The molecule has 0 heterocycles. The minimum Gasteiger partial charge on any atom is -0.343 e. The Kier molecular flexibility index (Phi) is 4.39. The summed E-state index contributed by atoms with van der Waals surface area (Å²) < 4.78 is 0. The highest BCUT2D eigenvalue weighted by molar-refractivity contribution is 5.80. The maximum absolute atomic E-state index is 11.7. The number of carbonyl (C=O) groups is 1. The molecule has 0 aromatic rings. The van der Waals surface area contributed by atoms with Gasteiger partial charge in [-0.25, -0.2) is 0 Å². The molecule has 82 valence electrons. The number of hydrogen-bond donors (Lipinski definition) is 0. The maximum Gasteiger partial charge on any atom is 0.225 e. The molecule has 0 aliphatic heterocycles. The van der Waals surface area contributed by atoms with Crippen LogP contribution in [-0.2, 0) is 4.79 Å². The molecule has 3 nitrogen and oxygen atoms in total. The number of rotatable bonds is 6. The van der Waals surface area contributed by atoms with Crippen molar-refractivity contribution >= 4 is 5.91 Å². The van der Waals surface area contributed by atoms with Crippen molar-refractivity contribution in [1.29, 1.82) is 0 Å². The quantitative estimate of drug-likeness (QED) is 0.640. The zero-order valence-electron chi connectivity index (χ0n) is 9.62. The highest BCUT2D eigenvalue weighted by atomic mass is 16.2. The molecular weight excluding hydrogens is 176 g/mol. The van der Waals surface area contributed by atoms with Crippen molar-refractivity contribution in [2.24, 2.45) is 5.92 Å². The van der Waals surface area contributed by atoms with Gasteiger partial charge in [0.1, 0.15) is 0 Å². The van der Waals surface area contributed by atoms with Gasteiger partial charge in [0.05, 0.1) is 0 Å². The van der Waals surface area contributed by atoms with E-state index in [0.29, 0.717) is 11.8 Å². The Labute approximate surface area is 87.1 Å². The van der Waals surface area contributed by atoms with Gasteiger partial charge in [-0.3, -0.25) is 4.79 Å². The van der Waals surface area contributed by atoms with Crippen LogP contribution < -0.4 is 0 Å². The Morgan fingerprint density at radius 3 is 2.36 bits per heavy atom. The summed E-state index contributed by atoms with van der Waals surface area (Å²) in [4.78, 5) is 15.9. The molecule has 14 heavy (non-hydrogen) atoms. The van der Waals surface area contributed by atoms with Crippen LogP contribution in [0.1, 0.15) is 26.2 Å². The maximum atomic E-state index is 11.7. The smallest absolute Gasteiger partial charge is 0.225 e. The molecule has 3 heteroatoms. The van der Waals surface area contributed by atoms with E-state index in [-0.39, 0.29) is 0 Å². The van der Waals surface area contributed by atoms with Gasteiger partial charge in [0.2, 0.25) is 5.91 Å². The summed E-state index contributed by atoms with van der Waals surface area (Å²) in [5.74, 6) is 0.751. The predicted molar refractivity (Wildman–Crippen MR) is 58.1 cm³/mol. The van der Waals surface area contributed by atoms with Crippen LogP contribution in [0.15, 0.2) is 0 Å². The van der Waals surface area contributed by atoms with Gasteiger partial charge in [-0.05, 0) is 46.8 Å². The van der Waals surface area contributed by atoms with Crippen LogP contribution in [0.2, 0.25) is 0 Å². The molecule has 1 aliphatic carbocycles. The summed E-state index contributed by atoms with van der Waals surface area (Å²) in [5, 5.41) is 0. The second-order valence-corrected chi connectivity index (χ2v) is 4.35. The summed E-state index contributed by atoms with van der Waals surface area (Å²) >= 11 is 0. The zero-order chi connectivity index (χ0) is 10.6. The molecule has 0 radical (unpaired) electrons. The minimum atomic E-state index is 0.370. The third-order valence-corrected chi connectivity index (χ3v) is 2.65. The molecular formula is C11H22N2O. The van der Waals surface area contributed by atoms with Crippen LogP contribution in [0.4, 0.5) is 0 Å². The van der Waals surface area contributed by atoms with Crippen molar-refractivity contribution in [3.05, 3.63) is 0 Å². The van der Waals surface area contributed by atoms with Crippen LogP contribution in [0.3, 0.4) is 0 Å². The highest BCUT2D eigenvalue weighted by Crippen LogP contribution is 2.30. The largest absolute Gasteiger partial charge is 0.343 e. The van der Waals surface area contributed by atoms with Gasteiger partial charge in [0.25, 0.3) is 0 Å². The lowest BCUT2D eigenvalue weighted by Crippen LogP contribution is -2.34. The molecule has 0 bridgehead atoms. The molecule has 0 aromatic carbocycles. The normalized spacial score (nSPS) is 16.0. The van der Waals surface area contributed by atoms with Gasteiger partial charge in [0.15, 0.2) is 0 Å². The molecule has 0 atom stereocenters. The van der Waals surface area contributed by atoms with Gasteiger partial charge in [-0.15, -0.1) is 0 Å².